The van der Waals surface area contributed by atoms with Gasteiger partial charge in [0, 0.05) is 6.08 Å². The van der Waals surface area contributed by atoms with Crippen LogP contribution in [0.5, 0.6) is 23.0 Å². The minimum absolute atomic E-state index is 0.436. The summed E-state index contributed by atoms with van der Waals surface area (Å²) in [4.78, 5) is 24.2. The molecule has 0 saturated carbocycles. The first kappa shape index (κ1) is 22.4. The largest absolute Gasteiger partial charge is 0.493 e. The number of carbonyl (C=O) groups excluding carboxylic acids is 2. The first-order valence-electron chi connectivity index (χ1n) is 9.77. The lowest BCUT2D eigenvalue weighted by atomic mass is 10.2. The molecule has 0 aliphatic rings. The molecule has 0 atom stereocenters. The van der Waals surface area contributed by atoms with Gasteiger partial charge >= 0.3 is 5.97 Å². The van der Waals surface area contributed by atoms with Gasteiger partial charge in [-0.25, -0.2) is 4.79 Å². The number of nitrogens with one attached hydrogen (secondary N) is 1. The van der Waals surface area contributed by atoms with Crippen molar-refractivity contribution in [2.45, 2.75) is 0 Å². The summed E-state index contributed by atoms with van der Waals surface area (Å²) in [6.45, 7) is -0.436. The molecule has 164 valence electrons. The zero-order valence-corrected chi connectivity index (χ0v) is 17.7. The van der Waals surface area contributed by atoms with Gasteiger partial charge in [0.05, 0.1) is 19.9 Å². The third-order valence-electron chi connectivity index (χ3n) is 4.30. The summed E-state index contributed by atoms with van der Waals surface area (Å²) in [7, 11) is 3.07. The molecule has 0 aliphatic heterocycles. The smallest absolute Gasteiger partial charge is 0.331 e. The highest BCUT2D eigenvalue weighted by Gasteiger charge is 2.10. The number of ether oxygens (including phenoxy) is 4. The lowest BCUT2D eigenvalue weighted by Crippen LogP contribution is -2.20. The van der Waals surface area contributed by atoms with Gasteiger partial charge in [-0.1, -0.05) is 36.4 Å². The maximum atomic E-state index is 12.3. The van der Waals surface area contributed by atoms with Crippen LogP contribution in [-0.2, 0) is 14.3 Å². The lowest BCUT2D eigenvalue weighted by Gasteiger charge is -2.12. The molecule has 0 fully saturated rings. The van der Waals surface area contributed by atoms with Crippen LogP contribution in [0.25, 0.3) is 6.08 Å². The maximum absolute atomic E-state index is 12.3. The highest BCUT2D eigenvalue weighted by molar-refractivity contribution is 5.95. The summed E-state index contributed by atoms with van der Waals surface area (Å²) in [6.07, 6.45) is 2.80. The zero-order valence-electron chi connectivity index (χ0n) is 17.7. The molecule has 3 aromatic rings. The second-order valence-electron chi connectivity index (χ2n) is 6.51. The monoisotopic (exact) mass is 433 g/mol. The van der Waals surface area contributed by atoms with E-state index in [1.807, 2.05) is 30.3 Å². The van der Waals surface area contributed by atoms with Gasteiger partial charge in [0.2, 0.25) is 0 Å². The topological polar surface area (TPSA) is 83.1 Å². The normalized spacial score (nSPS) is 10.4. The molecule has 1 amide bonds. The number of anilines is 1. The molecule has 0 aromatic heterocycles. The molecule has 7 nitrogen and oxygen atoms in total. The first-order chi connectivity index (χ1) is 15.6. The third kappa shape index (κ3) is 6.37. The van der Waals surface area contributed by atoms with Crippen LogP contribution < -0.4 is 19.5 Å². The summed E-state index contributed by atoms with van der Waals surface area (Å²) in [6, 6.07) is 21.4. The van der Waals surface area contributed by atoms with Gasteiger partial charge in [0.25, 0.3) is 5.91 Å². The Balaban J connectivity index is 1.54. The van der Waals surface area contributed by atoms with Crippen molar-refractivity contribution < 1.29 is 28.5 Å². The second-order valence-corrected chi connectivity index (χ2v) is 6.51. The molecule has 32 heavy (non-hydrogen) atoms. The van der Waals surface area contributed by atoms with E-state index in [1.165, 1.54) is 13.2 Å². The Morgan fingerprint density at radius 2 is 1.56 bits per heavy atom. The number of hydrogen-bond acceptors (Lipinski definition) is 6. The van der Waals surface area contributed by atoms with Crippen molar-refractivity contribution in [1.29, 1.82) is 0 Å². The van der Waals surface area contributed by atoms with Crippen LogP contribution in [0.15, 0.2) is 78.9 Å². The minimum Gasteiger partial charge on any atom is -0.493 e. The number of carbonyl (C=O) groups is 2. The second kappa shape index (κ2) is 11.2. The Bertz CT molecular complexity index is 1090. The first-order valence-corrected chi connectivity index (χ1v) is 9.77. The fourth-order valence-electron chi connectivity index (χ4n) is 2.77. The number of rotatable bonds is 9. The third-order valence-corrected chi connectivity index (χ3v) is 4.30. The van der Waals surface area contributed by atoms with E-state index in [0.29, 0.717) is 28.7 Å². The number of methoxy groups -OCH3 is 2. The van der Waals surface area contributed by atoms with Gasteiger partial charge in [0.15, 0.2) is 23.9 Å². The molecule has 0 saturated heterocycles. The summed E-state index contributed by atoms with van der Waals surface area (Å²) in [5.41, 5.74) is 1.19. The highest BCUT2D eigenvalue weighted by atomic mass is 16.5. The predicted molar refractivity (Wildman–Crippen MR) is 121 cm³/mol. The molecule has 0 unspecified atom stereocenters. The van der Waals surface area contributed by atoms with E-state index in [1.54, 1.807) is 55.7 Å². The molecular weight excluding hydrogens is 410 g/mol. The van der Waals surface area contributed by atoms with Crippen molar-refractivity contribution in [2.24, 2.45) is 0 Å². The van der Waals surface area contributed by atoms with Gasteiger partial charge in [-0.05, 0) is 48.0 Å². The van der Waals surface area contributed by atoms with Crippen LogP contribution in [0, 0.1) is 0 Å². The molecule has 0 heterocycles. The SMILES string of the molecule is COc1ccc(/C=C/C(=O)OCC(=O)Nc2ccccc2Oc2ccccc2)cc1OC. The van der Waals surface area contributed by atoms with Gasteiger partial charge in [0.1, 0.15) is 5.75 Å². The van der Waals surface area contributed by atoms with Crippen LogP contribution in [0.3, 0.4) is 0 Å². The van der Waals surface area contributed by atoms with Gasteiger partial charge in [-0.2, -0.15) is 0 Å². The van der Waals surface area contributed by atoms with Crippen LogP contribution in [0.4, 0.5) is 5.69 Å². The van der Waals surface area contributed by atoms with Gasteiger partial charge < -0.3 is 24.3 Å². The van der Waals surface area contributed by atoms with Crippen molar-refractivity contribution in [3.05, 3.63) is 84.4 Å². The van der Waals surface area contributed by atoms with Crippen LogP contribution in [-0.4, -0.2) is 32.7 Å². The number of hydrogen-bond donors (Lipinski definition) is 1. The summed E-state index contributed by atoms with van der Waals surface area (Å²) in [5.74, 6) is 1.11. The van der Waals surface area contributed by atoms with E-state index in [-0.39, 0.29) is 0 Å². The van der Waals surface area contributed by atoms with Crippen molar-refractivity contribution in [3.8, 4) is 23.0 Å². The minimum atomic E-state index is -0.649. The fourth-order valence-corrected chi connectivity index (χ4v) is 2.77. The Morgan fingerprint density at radius 1 is 0.844 bits per heavy atom. The van der Waals surface area contributed by atoms with E-state index in [0.717, 1.165) is 5.56 Å². The van der Waals surface area contributed by atoms with Crippen molar-refractivity contribution in [3.63, 3.8) is 0 Å². The standard InChI is InChI=1S/C25H23NO6/c1-29-22-14-12-18(16-23(22)30-2)13-15-25(28)31-17-24(27)26-20-10-6-7-11-21(20)32-19-8-4-3-5-9-19/h3-16H,17H2,1-2H3,(H,26,27)/b15-13+. The van der Waals surface area contributed by atoms with Gasteiger partial charge in [-0.15, -0.1) is 0 Å². The van der Waals surface area contributed by atoms with E-state index in [9.17, 15) is 9.59 Å². The molecule has 7 heteroatoms. The molecule has 0 spiro atoms. The zero-order chi connectivity index (χ0) is 22.8. The van der Waals surface area contributed by atoms with E-state index >= 15 is 0 Å². The highest BCUT2D eigenvalue weighted by Crippen LogP contribution is 2.29. The van der Waals surface area contributed by atoms with Gasteiger partial charge in [-0.3, -0.25) is 4.79 Å². The number of esters is 1. The summed E-state index contributed by atoms with van der Waals surface area (Å²) < 4.78 is 21.2. The molecule has 0 aliphatic carbocycles. The fraction of sp³-hybridized carbons (Fsp3) is 0.120. The summed E-state index contributed by atoms with van der Waals surface area (Å²) >= 11 is 0. The predicted octanol–water partition coefficient (Wildman–Crippen LogP) is 4.69. The molecule has 3 rings (SSSR count). The Labute approximate surface area is 186 Å². The van der Waals surface area contributed by atoms with E-state index in [2.05, 4.69) is 5.32 Å². The molecule has 0 radical (unpaired) electrons. The van der Waals surface area contributed by atoms with Crippen LogP contribution in [0.2, 0.25) is 0 Å². The number of benzene rings is 3. The molecule has 3 aromatic carbocycles. The van der Waals surface area contributed by atoms with Crippen molar-refractivity contribution in [2.75, 3.05) is 26.1 Å². The maximum Gasteiger partial charge on any atom is 0.331 e. The van der Waals surface area contributed by atoms with E-state index in [4.69, 9.17) is 18.9 Å². The van der Waals surface area contributed by atoms with Crippen LogP contribution in [0.1, 0.15) is 5.56 Å². The average molecular weight is 433 g/mol. The average Bonchev–Trinajstić information content (AvgIpc) is 2.83. The van der Waals surface area contributed by atoms with Crippen LogP contribution >= 0.6 is 0 Å². The Kier molecular flexibility index (Phi) is 7.86. The number of para-hydroxylation sites is 3. The lowest BCUT2D eigenvalue weighted by molar-refractivity contribution is -0.142. The van der Waals surface area contributed by atoms with E-state index < -0.39 is 18.5 Å². The Morgan fingerprint density at radius 3 is 2.31 bits per heavy atom. The molecule has 0 bridgehead atoms. The quantitative estimate of drug-likeness (QED) is 0.389. The molecular formula is C25H23NO6. The summed E-state index contributed by atoms with van der Waals surface area (Å²) in [5, 5.41) is 2.69. The number of amides is 1. The van der Waals surface area contributed by atoms with Crippen molar-refractivity contribution in [1.82, 2.24) is 0 Å². The Hall–Kier alpha value is -4.26. The molecule has 1 N–H and O–H groups in total. The van der Waals surface area contributed by atoms with Crippen molar-refractivity contribution >= 4 is 23.6 Å².